The van der Waals surface area contributed by atoms with E-state index in [0.29, 0.717) is 23.2 Å². The monoisotopic (exact) mass is 549 g/mol. The lowest BCUT2D eigenvalue weighted by Gasteiger charge is -2.16. The van der Waals surface area contributed by atoms with E-state index in [9.17, 15) is 19.4 Å². The third kappa shape index (κ3) is 7.78. The molecule has 2 heterocycles. The molecule has 0 radical (unpaired) electrons. The van der Waals surface area contributed by atoms with E-state index < -0.39 is 11.4 Å². The number of nitrogens with zero attached hydrogens (tertiary/aromatic N) is 4. The van der Waals surface area contributed by atoms with Crippen LogP contribution in [0.3, 0.4) is 0 Å². The van der Waals surface area contributed by atoms with Crippen LogP contribution in [0.2, 0.25) is 5.02 Å². The maximum absolute atomic E-state index is 13.3. The fourth-order valence-electron chi connectivity index (χ4n) is 4.67. The summed E-state index contributed by atoms with van der Waals surface area (Å²) in [5, 5.41) is 25.7. The zero-order valence-electron chi connectivity index (χ0n) is 22.5. The topological polar surface area (TPSA) is 114 Å². The Kier molecular flexibility index (Phi) is 9.92. The highest BCUT2D eigenvalue weighted by molar-refractivity contribution is 6.31. The number of carbonyl (C=O) groups is 1. The number of aliphatic hydroxyl groups excluding tert-OH is 1. The highest BCUT2D eigenvalue weighted by Crippen LogP contribution is 2.44. The molecule has 0 aliphatic heterocycles. The van der Waals surface area contributed by atoms with Gasteiger partial charge in [-0.25, -0.2) is 9.37 Å². The molecule has 1 aliphatic rings. The molecule has 3 aromatic rings. The van der Waals surface area contributed by atoms with Crippen molar-refractivity contribution in [2.24, 2.45) is 25.9 Å². The Morgan fingerprint density at radius 1 is 1.26 bits per heavy atom. The highest BCUT2D eigenvalue weighted by Gasteiger charge is 2.36. The van der Waals surface area contributed by atoms with Gasteiger partial charge in [0.05, 0.1) is 22.6 Å². The summed E-state index contributed by atoms with van der Waals surface area (Å²) >= 11 is 5.78. The summed E-state index contributed by atoms with van der Waals surface area (Å²) in [6.45, 7) is 5.92. The average molecular weight is 550 g/mol. The number of aromatic nitrogens is 4. The third-order valence-electron chi connectivity index (χ3n) is 6.61. The Morgan fingerprint density at radius 3 is 2.53 bits per heavy atom. The van der Waals surface area contributed by atoms with Crippen molar-refractivity contribution in [2.45, 2.75) is 51.6 Å². The van der Waals surface area contributed by atoms with Gasteiger partial charge >= 0.3 is 0 Å². The predicted octanol–water partition coefficient (Wildman–Crippen LogP) is 4.55. The fourth-order valence-corrected chi connectivity index (χ4v) is 4.85. The van der Waals surface area contributed by atoms with E-state index in [4.69, 9.17) is 16.3 Å². The molecule has 2 aromatic heterocycles. The van der Waals surface area contributed by atoms with Crippen LogP contribution >= 0.6 is 11.6 Å². The molecule has 0 saturated heterocycles. The molecule has 0 unspecified atom stereocenters. The molecule has 1 aromatic carbocycles. The standard InChI is InChI=1S/C19H23ClFN3O2.C8H14N2O2/c1-3-11-6-12(7-13(11)9-25)17-18(24(2)10-22-17)19(26)23-14-4-5-16(21)15(20)8-14;1-8(2,11)6-12-7-4-5-10(3)9-7/h4-5,8,10-13,25H,3,6-7,9H2,1-2H3,(H,23,26);4-5,11H,6H2,1-3H3/t11-,12+,13-;/m0./s1. The van der Waals surface area contributed by atoms with Crippen LogP contribution in [0.15, 0.2) is 36.8 Å². The van der Waals surface area contributed by atoms with Crippen molar-refractivity contribution in [3.8, 4) is 5.88 Å². The predicted molar refractivity (Wildman–Crippen MR) is 144 cm³/mol. The van der Waals surface area contributed by atoms with Crippen LogP contribution in [-0.2, 0) is 14.1 Å². The van der Waals surface area contributed by atoms with Gasteiger partial charge in [0, 0.05) is 44.6 Å². The minimum Gasteiger partial charge on any atom is -0.474 e. The van der Waals surface area contributed by atoms with Crippen molar-refractivity contribution in [3.63, 3.8) is 0 Å². The number of imidazole rings is 1. The van der Waals surface area contributed by atoms with Gasteiger partial charge in [0.25, 0.3) is 5.91 Å². The van der Waals surface area contributed by atoms with Gasteiger partial charge < -0.3 is 24.8 Å². The summed E-state index contributed by atoms with van der Waals surface area (Å²) in [6.07, 6.45) is 6.18. The van der Waals surface area contributed by atoms with Gasteiger partial charge in [0.1, 0.15) is 18.1 Å². The zero-order valence-corrected chi connectivity index (χ0v) is 23.2. The molecule has 208 valence electrons. The Morgan fingerprint density at radius 2 is 1.97 bits per heavy atom. The van der Waals surface area contributed by atoms with Crippen LogP contribution in [0.1, 0.15) is 62.1 Å². The lowest BCUT2D eigenvalue weighted by molar-refractivity contribution is 0.0266. The van der Waals surface area contributed by atoms with E-state index >= 15 is 0 Å². The van der Waals surface area contributed by atoms with E-state index in [2.05, 4.69) is 22.3 Å². The van der Waals surface area contributed by atoms with Gasteiger partial charge in [-0.05, 0) is 56.7 Å². The van der Waals surface area contributed by atoms with Crippen LogP contribution in [-0.4, -0.2) is 54.3 Å². The molecule has 11 heteroatoms. The first-order valence-corrected chi connectivity index (χ1v) is 13.0. The number of rotatable bonds is 8. The van der Waals surface area contributed by atoms with Crippen molar-refractivity contribution < 1.29 is 24.1 Å². The fraction of sp³-hybridized carbons (Fsp3) is 0.519. The summed E-state index contributed by atoms with van der Waals surface area (Å²) in [4.78, 5) is 17.3. The van der Waals surface area contributed by atoms with Gasteiger partial charge in [0.15, 0.2) is 0 Å². The van der Waals surface area contributed by atoms with Crippen molar-refractivity contribution in [1.82, 2.24) is 19.3 Å². The average Bonchev–Trinajstić information content (AvgIpc) is 3.57. The molecule has 0 spiro atoms. The molecule has 38 heavy (non-hydrogen) atoms. The SMILES string of the molecule is CC[C@H]1C[C@@H](c2ncn(C)c2C(=O)Nc2ccc(F)c(Cl)c2)C[C@H]1CO.Cn1ccc(OCC(C)(C)O)n1. The lowest BCUT2D eigenvalue weighted by Crippen LogP contribution is -2.27. The molecule has 0 bridgehead atoms. The van der Waals surface area contributed by atoms with E-state index in [1.807, 2.05) is 7.05 Å². The third-order valence-corrected chi connectivity index (χ3v) is 6.90. The van der Waals surface area contributed by atoms with E-state index in [1.54, 1.807) is 48.7 Å². The van der Waals surface area contributed by atoms with E-state index in [1.165, 1.54) is 18.2 Å². The summed E-state index contributed by atoms with van der Waals surface area (Å²) in [7, 11) is 3.59. The summed E-state index contributed by atoms with van der Waals surface area (Å²) < 4.78 is 21.9. The van der Waals surface area contributed by atoms with Crippen molar-refractivity contribution >= 4 is 23.2 Å². The number of halogens is 2. The summed E-state index contributed by atoms with van der Waals surface area (Å²) in [5.74, 6) is 0.550. The van der Waals surface area contributed by atoms with Crippen molar-refractivity contribution in [2.75, 3.05) is 18.5 Å². The van der Waals surface area contributed by atoms with Crippen LogP contribution in [0.25, 0.3) is 0 Å². The second kappa shape index (κ2) is 12.7. The molecule has 1 saturated carbocycles. The summed E-state index contributed by atoms with van der Waals surface area (Å²) in [5.41, 5.74) is 0.869. The minimum atomic E-state index is -0.808. The number of benzene rings is 1. The Bertz CT molecular complexity index is 1210. The van der Waals surface area contributed by atoms with Crippen molar-refractivity contribution in [3.05, 3.63) is 59.0 Å². The lowest BCUT2D eigenvalue weighted by atomic mass is 9.95. The van der Waals surface area contributed by atoms with Gasteiger partial charge in [-0.1, -0.05) is 24.9 Å². The second-order valence-electron chi connectivity index (χ2n) is 10.4. The highest BCUT2D eigenvalue weighted by atomic mass is 35.5. The number of amides is 1. The van der Waals surface area contributed by atoms with Crippen LogP contribution in [0.4, 0.5) is 10.1 Å². The quantitative estimate of drug-likeness (QED) is 0.380. The normalized spacial score (nSPS) is 19.1. The van der Waals surface area contributed by atoms with Crippen LogP contribution < -0.4 is 10.1 Å². The number of aryl methyl sites for hydroxylation is 2. The molecular weight excluding hydrogens is 513 g/mol. The van der Waals surface area contributed by atoms with Crippen LogP contribution in [0.5, 0.6) is 5.88 Å². The van der Waals surface area contributed by atoms with Crippen LogP contribution in [0, 0.1) is 17.7 Å². The maximum Gasteiger partial charge on any atom is 0.274 e. The zero-order chi connectivity index (χ0) is 28.0. The number of ether oxygens (including phenoxy) is 1. The number of hydrogen-bond donors (Lipinski definition) is 3. The molecule has 3 N–H and O–H groups in total. The van der Waals surface area contributed by atoms with Gasteiger partial charge in [0.2, 0.25) is 5.88 Å². The van der Waals surface area contributed by atoms with E-state index in [0.717, 1.165) is 25.0 Å². The van der Waals surface area contributed by atoms with Gasteiger partial charge in [-0.2, -0.15) is 0 Å². The largest absolute Gasteiger partial charge is 0.474 e. The molecule has 3 atom stereocenters. The molecule has 1 amide bonds. The molecule has 9 nitrogen and oxygen atoms in total. The second-order valence-corrected chi connectivity index (χ2v) is 10.8. The molecule has 4 rings (SSSR count). The number of anilines is 1. The van der Waals surface area contributed by atoms with E-state index in [-0.39, 0.29) is 36.0 Å². The molecule has 1 fully saturated rings. The molecule has 1 aliphatic carbocycles. The van der Waals surface area contributed by atoms with Crippen molar-refractivity contribution in [1.29, 1.82) is 0 Å². The first-order chi connectivity index (χ1) is 17.9. The Labute approximate surface area is 227 Å². The minimum absolute atomic E-state index is 0.0413. The number of carbonyl (C=O) groups excluding carboxylic acids is 1. The molecular formula is C27H37ClFN5O4. The number of aliphatic hydroxyl groups is 2. The smallest absolute Gasteiger partial charge is 0.274 e. The number of hydrogen-bond acceptors (Lipinski definition) is 6. The Hall–Kier alpha value is -2.95. The Balaban J connectivity index is 0.000000279. The van der Waals surface area contributed by atoms with Gasteiger partial charge in [-0.15, -0.1) is 5.10 Å². The summed E-state index contributed by atoms with van der Waals surface area (Å²) in [6, 6.07) is 5.83. The first kappa shape index (κ1) is 29.6. The maximum atomic E-state index is 13.3. The number of nitrogens with one attached hydrogen (secondary N) is 1. The first-order valence-electron chi connectivity index (χ1n) is 12.6. The van der Waals surface area contributed by atoms with Gasteiger partial charge in [-0.3, -0.25) is 9.48 Å².